The Morgan fingerprint density at radius 2 is 1.25 bits per heavy atom. The van der Waals surface area contributed by atoms with Crippen LogP contribution in [0.25, 0.3) is 0 Å². The second-order valence-electron chi connectivity index (χ2n) is 8.90. The first-order valence-corrected chi connectivity index (χ1v) is 11.2. The van der Waals surface area contributed by atoms with E-state index in [4.69, 9.17) is 0 Å². The van der Waals surface area contributed by atoms with Crippen LogP contribution in [-0.2, 0) is 0 Å². The highest BCUT2D eigenvalue weighted by Gasteiger charge is 2.31. The summed E-state index contributed by atoms with van der Waals surface area (Å²) in [4.78, 5) is 30.4. The summed E-state index contributed by atoms with van der Waals surface area (Å²) >= 11 is 0. The number of carbonyl (C=O) groups excluding carboxylic acids is 2. The van der Waals surface area contributed by atoms with Crippen LogP contribution in [0.4, 0.5) is 0 Å². The smallest absolute Gasteiger partial charge is 0.254 e. The molecule has 0 aromatic heterocycles. The minimum atomic E-state index is 0.0680. The van der Waals surface area contributed by atoms with Crippen molar-refractivity contribution in [3.8, 4) is 0 Å². The Labute approximate surface area is 170 Å². The number of hydrogen-bond donors (Lipinski definition) is 0. The van der Waals surface area contributed by atoms with Gasteiger partial charge in [-0.2, -0.15) is 0 Å². The molecule has 2 saturated heterocycles. The van der Waals surface area contributed by atoms with Crippen LogP contribution in [0, 0.1) is 11.8 Å². The van der Waals surface area contributed by atoms with Crippen LogP contribution < -0.4 is 0 Å². The number of piperidine rings is 2. The molecular formula is C24H36N2O2. The van der Waals surface area contributed by atoms with Crippen molar-refractivity contribution in [2.24, 2.45) is 11.8 Å². The van der Waals surface area contributed by atoms with Crippen molar-refractivity contribution in [3.05, 3.63) is 35.4 Å². The first-order chi connectivity index (χ1) is 13.4. The molecule has 3 rings (SSSR count). The van der Waals surface area contributed by atoms with E-state index >= 15 is 0 Å². The minimum Gasteiger partial charge on any atom is -0.336 e. The monoisotopic (exact) mass is 384 g/mol. The van der Waals surface area contributed by atoms with E-state index in [9.17, 15) is 9.59 Å². The summed E-state index contributed by atoms with van der Waals surface area (Å²) in [5.74, 6) is 1.31. The molecule has 1 aromatic rings. The topological polar surface area (TPSA) is 40.6 Å². The zero-order valence-electron chi connectivity index (χ0n) is 18.0. The quantitative estimate of drug-likeness (QED) is 0.734. The Bertz CT molecular complexity index is 646. The van der Waals surface area contributed by atoms with Crippen LogP contribution in [0.3, 0.4) is 0 Å². The molecule has 0 spiro atoms. The third kappa shape index (κ3) is 4.42. The normalized spacial score (nSPS) is 28.3. The van der Waals surface area contributed by atoms with E-state index < -0.39 is 0 Å². The van der Waals surface area contributed by atoms with Crippen LogP contribution >= 0.6 is 0 Å². The minimum absolute atomic E-state index is 0.0680. The van der Waals surface area contributed by atoms with Gasteiger partial charge in [-0.1, -0.05) is 32.8 Å². The molecule has 2 aliphatic rings. The maximum Gasteiger partial charge on any atom is 0.254 e. The molecule has 4 unspecified atom stereocenters. The van der Waals surface area contributed by atoms with Crippen molar-refractivity contribution in [3.63, 3.8) is 0 Å². The lowest BCUT2D eigenvalue weighted by Crippen LogP contribution is -2.46. The number of rotatable bonds is 4. The Morgan fingerprint density at radius 1 is 0.821 bits per heavy atom. The fraction of sp³-hybridized carbons (Fsp3) is 0.667. The van der Waals surface area contributed by atoms with Gasteiger partial charge in [0.15, 0.2) is 0 Å². The fourth-order valence-electron chi connectivity index (χ4n) is 4.71. The molecule has 2 heterocycles. The van der Waals surface area contributed by atoms with E-state index in [1.54, 1.807) is 0 Å². The van der Waals surface area contributed by atoms with Crippen molar-refractivity contribution in [1.29, 1.82) is 0 Å². The third-order valence-electron chi connectivity index (χ3n) is 6.99. The Morgan fingerprint density at radius 3 is 1.64 bits per heavy atom. The Kier molecular flexibility index (Phi) is 6.79. The first kappa shape index (κ1) is 20.9. The molecule has 2 aliphatic heterocycles. The van der Waals surface area contributed by atoms with Gasteiger partial charge < -0.3 is 9.80 Å². The van der Waals surface area contributed by atoms with Gasteiger partial charge in [-0.15, -0.1) is 0 Å². The zero-order chi connectivity index (χ0) is 20.3. The summed E-state index contributed by atoms with van der Waals surface area (Å²) in [6.45, 7) is 10.3. The number of likely N-dealkylation sites (tertiary alicyclic amines) is 2. The largest absolute Gasteiger partial charge is 0.336 e. The average Bonchev–Trinajstić information content (AvgIpc) is 2.73. The van der Waals surface area contributed by atoms with Gasteiger partial charge >= 0.3 is 0 Å². The predicted octanol–water partition coefficient (Wildman–Crippen LogP) is 4.99. The fourth-order valence-corrected chi connectivity index (χ4v) is 4.71. The molecule has 2 fully saturated rings. The maximum atomic E-state index is 13.2. The second kappa shape index (κ2) is 9.11. The number of amides is 2. The van der Waals surface area contributed by atoms with Gasteiger partial charge in [0.25, 0.3) is 11.8 Å². The maximum absolute atomic E-state index is 13.2. The van der Waals surface area contributed by atoms with Crippen molar-refractivity contribution in [1.82, 2.24) is 9.80 Å². The lowest BCUT2D eigenvalue weighted by atomic mass is 9.90. The molecule has 0 aliphatic carbocycles. The van der Waals surface area contributed by atoms with E-state index in [1.165, 1.54) is 12.8 Å². The standard InChI is InChI=1S/C24H36N2O2/c1-5-19-12-10-17(3)25(15-19)23(27)21-8-7-9-22(14-21)24(28)26-16-20(6-2)13-11-18(26)4/h7-9,14,17-20H,5-6,10-13,15-16H2,1-4H3. The average molecular weight is 385 g/mol. The zero-order valence-corrected chi connectivity index (χ0v) is 18.0. The molecule has 154 valence electrons. The van der Waals surface area contributed by atoms with Crippen LogP contribution in [0.2, 0.25) is 0 Å². The van der Waals surface area contributed by atoms with E-state index in [-0.39, 0.29) is 23.9 Å². The Hall–Kier alpha value is -1.84. The SMILES string of the molecule is CCC1CCC(C)N(C(=O)c2cccc(C(=O)N3CC(CC)CCC3C)c2)C1. The van der Waals surface area contributed by atoms with E-state index in [2.05, 4.69) is 27.7 Å². The van der Waals surface area contributed by atoms with Gasteiger partial charge in [0.2, 0.25) is 0 Å². The molecule has 2 amide bonds. The number of nitrogens with zero attached hydrogens (tertiary/aromatic N) is 2. The molecule has 4 heteroatoms. The molecule has 4 nitrogen and oxygen atoms in total. The van der Waals surface area contributed by atoms with E-state index in [0.29, 0.717) is 23.0 Å². The highest BCUT2D eigenvalue weighted by molar-refractivity contribution is 6.00. The van der Waals surface area contributed by atoms with Crippen LogP contribution in [0.5, 0.6) is 0 Å². The summed E-state index contributed by atoms with van der Waals surface area (Å²) < 4.78 is 0. The molecule has 0 bridgehead atoms. The molecule has 1 aromatic carbocycles. The highest BCUT2D eigenvalue weighted by Crippen LogP contribution is 2.27. The first-order valence-electron chi connectivity index (χ1n) is 11.2. The summed E-state index contributed by atoms with van der Waals surface area (Å²) in [7, 11) is 0. The van der Waals surface area contributed by atoms with E-state index in [1.807, 2.05) is 34.1 Å². The summed E-state index contributed by atoms with van der Waals surface area (Å²) in [5.41, 5.74) is 1.29. The second-order valence-corrected chi connectivity index (χ2v) is 8.90. The number of hydrogen-bond acceptors (Lipinski definition) is 2. The van der Waals surface area contributed by atoms with Crippen LogP contribution in [-0.4, -0.2) is 46.8 Å². The van der Waals surface area contributed by atoms with Crippen molar-refractivity contribution >= 4 is 11.8 Å². The lowest BCUT2D eigenvalue weighted by molar-refractivity contribution is 0.0554. The van der Waals surface area contributed by atoms with Gasteiger partial charge in [0.1, 0.15) is 0 Å². The van der Waals surface area contributed by atoms with Crippen molar-refractivity contribution < 1.29 is 9.59 Å². The van der Waals surface area contributed by atoms with Crippen molar-refractivity contribution in [2.45, 2.75) is 78.3 Å². The van der Waals surface area contributed by atoms with Crippen LogP contribution in [0.1, 0.15) is 86.9 Å². The molecule has 0 N–H and O–H groups in total. The van der Waals surface area contributed by atoms with Gasteiger partial charge in [0.05, 0.1) is 0 Å². The molecule has 28 heavy (non-hydrogen) atoms. The summed E-state index contributed by atoms with van der Waals surface area (Å²) in [5, 5.41) is 0. The van der Waals surface area contributed by atoms with Gasteiger partial charge in [-0.3, -0.25) is 9.59 Å². The molecular weight excluding hydrogens is 348 g/mol. The molecule has 0 radical (unpaired) electrons. The predicted molar refractivity (Wildman–Crippen MR) is 113 cm³/mol. The molecule has 0 saturated carbocycles. The molecule has 4 atom stereocenters. The van der Waals surface area contributed by atoms with Gasteiger partial charge in [0, 0.05) is 36.3 Å². The summed E-state index contributed by atoms with van der Waals surface area (Å²) in [6, 6.07) is 7.92. The highest BCUT2D eigenvalue weighted by atomic mass is 16.2. The van der Waals surface area contributed by atoms with Crippen LogP contribution in [0.15, 0.2) is 24.3 Å². The lowest BCUT2D eigenvalue weighted by Gasteiger charge is -2.38. The number of carbonyl (C=O) groups is 2. The van der Waals surface area contributed by atoms with Gasteiger partial charge in [-0.05, 0) is 69.6 Å². The number of benzene rings is 1. The van der Waals surface area contributed by atoms with Gasteiger partial charge in [-0.25, -0.2) is 0 Å². The third-order valence-corrected chi connectivity index (χ3v) is 6.99. The van der Waals surface area contributed by atoms with E-state index in [0.717, 1.165) is 38.8 Å². The Balaban J connectivity index is 1.77. The van der Waals surface area contributed by atoms with Crippen molar-refractivity contribution in [2.75, 3.05) is 13.1 Å². The summed E-state index contributed by atoms with van der Waals surface area (Å²) in [6.07, 6.45) is 6.75.